The van der Waals surface area contributed by atoms with Crippen LogP contribution in [0.5, 0.6) is 0 Å². The lowest BCUT2D eigenvalue weighted by Gasteiger charge is -1.93. The Balaban J connectivity index is 2.28. The second-order valence-electron chi connectivity index (χ2n) is 2.75. The van der Waals surface area contributed by atoms with Crippen molar-refractivity contribution in [3.05, 3.63) is 35.8 Å². The molecule has 14 heavy (non-hydrogen) atoms. The number of pyridine rings is 1. The molecule has 0 unspecified atom stereocenters. The van der Waals surface area contributed by atoms with Crippen LogP contribution in [0.3, 0.4) is 0 Å². The molecule has 1 aromatic rings. The first-order valence-electron chi connectivity index (χ1n) is 4.00. The summed E-state index contributed by atoms with van der Waals surface area (Å²) in [6.45, 7) is 0. The highest BCUT2D eigenvalue weighted by molar-refractivity contribution is 6.13. The van der Waals surface area contributed by atoms with Crippen LogP contribution in [-0.2, 0) is 4.79 Å². The van der Waals surface area contributed by atoms with Crippen molar-refractivity contribution in [2.45, 2.75) is 0 Å². The second-order valence-corrected chi connectivity index (χ2v) is 2.75. The molecule has 0 bridgehead atoms. The van der Waals surface area contributed by atoms with E-state index in [1.54, 1.807) is 30.6 Å². The number of rotatable bonds is 1. The van der Waals surface area contributed by atoms with Gasteiger partial charge in [-0.15, -0.1) is 0 Å². The van der Waals surface area contributed by atoms with Crippen molar-refractivity contribution >= 4 is 18.0 Å². The summed E-state index contributed by atoms with van der Waals surface area (Å²) in [4.78, 5) is 25.7. The van der Waals surface area contributed by atoms with Crippen molar-refractivity contribution in [3.63, 3.8) is 0 Å². The van der Waals surface area contributed by atoms with Crippen LogP contribution in [0.2, 0.25) is 0 Å². The molecule has 5 heteroatoms. The second kappa shape index (κ2) is 3.29. The number of nitrogens with zero attached hydrogens (tertiary/aromatic N) is 1. The highest BCUT2D eigenvalue weighted by Gasteiger charge is 2.22. The fraction of sp³-hybridized carbons (Fsp3) is 0. The van der Waals surface area contributed by atoms with E-state index in [1.165, 1.54) is 0 Å². The average Bonchev–Trinajstić information content (AvgIpc) is 2.47. The number of imide groups is 1. The molecule has 2 rings (SSSR count). The van der Waals surface area contributed by atoms with E-state index in [-0.39, 0.29) is 5.70 Å². The molecule has 70 valence electrons. The fourth-order valence-electron chi connectivity index (χ4n) is 1.11. The Labute approximate surface area is 79.8 Å². The molecule has 3 amide bonds. The molecule has 0 aliphatic carbocycles. The van der Waals surface area contributed by atoms with Crippen LogP contribution in [0.25, 0.3) is 6.08 Å². The minimum Gasteiger partial charge on any atom is -0.303 e. The van der Waals surface area contributed by atoms with Gasteiger partial charge in [0, 0.05) is 12.4 Å². The fourth-order valence-corrected chi connectivity index (χ4v) is 1.11. The third kappa shape index (κ3) is 1.61. The van der Waals surface area contributed by atoms with Crippen LogP contribution >= 0.6 is 0 Å². The summed E-state index contributed by atoms with van der Waals surface area (Å²) < 4.78 is 0. The molecular weight excluding hydrogens is 182 g/mol. The molecule has 0 spiro atoms. The summed E-state index contributed by atoms with van der Waals surface area (Å²) in [5, 5.41) is 4.51. The Kier molecular flexibility index (Phi) is 1.98. The maximum atomic E-state index is 11.1. The molecular formula is C9H7N3O2. The molecule has 1 fully saturated rings. The predicted molar refractivity (Wildman–Crippen MR) is 48.9 cm³/mol. The van der Waals surface area contributed by atoms with E-state index in [2.05, 4.69) is 15.6 Å². The molecule has 0 radical (unpaired) electrons. The van der Waals surface area contributed by atoms with Crippen molar-refractivity contribution in [1.82, 2.24) is 15.6 Å². The van der Waals surface area contributed by atoms with Gasteiger partial charge >= 0.3 is 6.03 Å². The van der Waals surface area contributed by atoms with Crippen LogP contribution in [0.1, 0.15) is 5.56 Å². The van der Waals surface area contributed by atoms with E-state index in [0.717, 1.165) is 5.56 Å². The van der Waals surface area contributed by atoms with Crippen molar-refractivity contribution in [3.8, 4) is 0 Å². The van der Waals surface area contributed by atoms with Gasteiger partial charge in [0.05, 0.1) is 0 Å². The maximum absolute atomic E-state index is 11.1. The predicted octanol–water partition coefficient (Wildman–Crippen LogP) is 0.262. The lowest BCUT2D eigenvalue weighted by molar-refractivity contribution is -0.115. The number of hydrogen-bond acceptors (Lipinski definition) is 3. The number of carbonyl (C=O) groups is 2. The Morgan fingerprint density at radius 2 is 1.86 bits per heavy atom. The minimum absolute atomic E-state index is 0.251. The van der Waals surface area contributed by atoms with Crippen molar-refractivity contribution in [2.75, 3.05) is 0 Å². The molecule has 2 N–H and O–H groups in total. The first kappa shape index (κ1) is 8.43. The van der Waals surface area contributed by atoms with Crippen molar-refractivity contribution in [1.29, 1.82) is 0 Å². The lowest BCUT2D eigenvalue weighted by atomic mass is 10.2. The summed E-state index contributed by atoms with van der Waals surface area (Å²) >= 11 is 0. The number of hydrogen-bond donors (Lipinski definition) is 2. The summed E-state index contributed by atoms with van der Waals surface area (Å²) in [7, 11) is 0. The zero-order valence-corrected chi connectivity index (χ0v) is 7.15. The van der Waals surface area contributed by atoms with Crippen LogP contribution in [0, 0.1) is 0 Å². The van der Waals surface area contributed by atoms with Crippen molar-refractivity contribution in [2.24, 2.45) is 0 Å². The molecule has 0 aromatic carbocycles. The van der Waals surface area contributed by atoms with Gasteiger partial charge in [0.15, 0.2) is 0 Å². The van der Waals surface area contributed by atoms with E-state index < -0.39 is 11.9 Å². The first-order chi connectivity index (χ1) is 6.75. The Morgan fingerprint density at radius 3 is 2.43 bits per heavy atom. The third-order valence-electron chi connectivity index (χ3n) is 1.74. The van der Waals surface area contributed by atoms with Crippen LogP contribution in [0.4, 0.5) is 4.79 Å². The van der Waals surface area contributed by atoms with E-state index in [1.807, 2.05) is 0 Å². The van der Waals surface area contributed by atoms with E-state index in [4.69, 9.17) is 0 Å². The molecule has 0 atom stereocenters. The van der Waals surface area contributed by atoms with Crippen LogP contribution < -0.4 is 10.6 Å². The molecule has 1 saturated heterocycles. The molecule has 1 aliphatic heterocycles. The quantitative estimate of drug-likeness (QED) is 0.491. The van der Waals surface area contributed by atoms with Gasteiger partial charge in [0.25, 0.3) is 5.91 Å². The van der Waals surface area contributed by atoms with Gasteiger partial charge < -0.3 is 5.32 Å². The zero-order chi connectivity index (χ0) is 9.97. The van der Waals surface area contributed by atoms with E-state index >= 15 is 0 Å². The minimum atomic E-state index is -0.490. The highest BCUT2D eigenvalue weighted by Crippen LogP contribution is 2.06. The van der Waals surface area contributed by atoms with E-state index in [0.29, 0.717) is 0 Å². The van der Waals surface area contributed by atoms with Crippen LogP contribution in [0.15, 0.2) is 30.2 Å². The summed E-state index contributed by atoms with van der Waals surface area (Å²) in [5.74, 6) is -0.410. The van der Waals surface area contributed by atoms with Gasteiger partial charge in [-0.2, -0.15) is 0 Å². The van der Waals surface area contributed by atoms with Crippen LogP contribution in [-0.4, -0.2) is 16.9 Å². The number of aromatic nitrogens is 1. The number of nitrogens with one attached hydrogen (secondary N) is 2. The van der Waals surface area contributed by atoms with Gasteiger partial charge in [0.2, 0.25) is 0 Å². The zero-order valence-electron chi connectivity index (χ0n) is 7.15. The van der Waals surface area contributed by atoms with E-state index in [9.17, 15) is 9.59 Å². The Morgan fingerprint density at radius 1 is 1.14 bits per heavy atom. The first-order valence-corrected chi connectivity index (χ1v) is 4.00. The molecule has 1 aromatic heterocycles. The monoisotopic (exact) mass is 189 g/mol. The summed E-state index contributed by atoms with van der Waals surface area (Å²) in [6, 6.07) is 2.99. The van der Waals surface area contributed by atoms with Gasteiger partial charge in [-0.3, -0.25) is 15.1 Å². The lowest BCUT2D eigenvalue weighted by Crippen LogP contribution is -2.22. The SMILES string of the molecule is O=C1NC(=O)/C(=C/c2ccncc2)N1. The number of amides is 3. The normalized spacial score (nSPS) is 18.1. The average molecular weight is 189 g/mol. The summed E-state index contributed by atoms with van der Waals surface area (Å²) in [5.41, 5.74) is 1.06. The molecule has 0 saturated carbocycles. The third-order valence-corrected chi connectivity index (χ3v) is 1.74. The van der Waals surface area contributed by atoms with Gasteiger partial charge in [-0.1, -0.05) is 0 Å². The molecule has 1 aliphatic rings. The van der Waals surface area contributed by atoms with Gasteiger partial charge in [-0.25, -0.2) is 4.79 Å². The number of carbonyl (C=O) groups excluding carboxylic acids is 2. The topological polar surface area (TPSA) is 71.1 Å². The summed E-state index contributed by atoms with van der Waals surface area (Å²) in [6.07, 6.45) is 4.81. The standard InChI is InChI=1S/C9H7N3O2/c13-8-7(11-9(14)12-8)5-6-1-3-10-4-2-6/h1-5H,(H2,11,12,13,14)/b7-5-. The largest absolute Gasteiger partial charge is 0.326 e. The van der Waals surface area contributed by atoms with Gasteiger partial charge in [0.1, 0.15) is 5.70 Å². The Bertz CT molecular complexity index is 411. The maximum Gasteiger partial charge on any atom is 0.326 e. The molecule has 2 heterocycles. The van der Waals surface area contributed by atoms with Crippen molar-refractivity contribution < 1.29 is 9.59 Å². The highest BCUT2D eigenvalue weighted by atomic mass is 16.2. The Hall–Kier alpha value is -2.17. The molecule has 5 nitrogen and oxygen atoms in total. The van der Waals surface area contributed by atoms with Gasteiger partial charge in [-0.05, 0) is 23.8 Å². The number of urea groups is 1. The smallest absolute Gasteiger partial charge is 0.303 e.